The number of hydrogen-bond donors (Lipinski definition) is 3. The van der Waals surface area contributed by atoms with Crippen molar-refractivity contribution in [1.29, 1.82) is 0 Å². The molecular formula is C28H30BrN3O4S. The first-order valence-electron chi connectivity index (χ1n) is 12.1. The molecule has 3 aromatic rings. The summed E-state index contributed by atoms with van der Waals surface area (Å²) >= 11 is 8.61. The molecule has 0 aliphatic carbocycles. The first-order chi connectivity index (χ1) is 18.0. The van der Waals surface area contributed by atoms with E-state index in [1.165, 1.54) is 0 Å². The van der Waals surface area contributed by atoms with E-state index in [2.05, 4.69) is 39.0 Å². The van der Waals surface area contributed by atoms with Crippen molar-refractivity contribution in [1.82, 2.24) is 16.2 Å². The molecule has 0 fully saturated rings. The number of para-hydroxylation sites is 1. The Hall–Kier alpha value is -3.43. The van der Waals surface area contributed by atoms with Crippen molar-refractivity contribution >= 4 is 45.1 Å². The van der Waals surface area contributed by atoms with Gasteiger partial charge >= 0.3 is 0 Å². The molecule has 0 bridgehead atoms. The summed E-state index contributed by atoms with van der Waals surface area (Å²) < 4.78 is 12.4. The molecule has 0 aromatic heterocycles. The van der Waals surface area contributed by atoms with Crippen molar-refractivity contribution < 1.29 is 19.1 Å². The third-order valence-corrected chi connectivity index (χ3v) is 6.02. The molecule has 0 saturated carbocycles. The number of carbonyl (C=O) groups excluding carboxylic acids is 2. The van der Waals surface area contributed by atoms with Gasteiger partial charge in [0.05, 0.1) is 17.7 Å². The number of halogens is 1. The Kier molecular flexibility index (Phi) is 11.4. The Morgan fingerprint density at radius 3 is 2.32 bits per heavy atom. The summed E-state index contributed by atoms with van der Waals surface area (Å²) in [6.45, 7) is 2.99. The second kappa shape index (κ2) is 15.0. The van der Waals surface area contributed by atoms with Gasteiger partial charge in [-0.05, 0) is 54.5 Å². The van der Waals surface area contributed by atoms with Crippen LogP contribution in [0.5, 0.6) is 11.5 Å². The molecule has 0 spiro atoms. The number of amides is 2. The Labute approximate surface area is 231 Å². The molecule has 2 amide bonds. The summed E-state index contributed by atoms with van der Waals surface area (Å²) in [5.74, 6) is -0.0222. The summed E-state index contributed by atoms with van der Waals surface area (Å²) in [5, 5.41) is 2.52. The van der Waals surface area contributed by atoms with Gasteiger partial charge in [-0.15, -0.1) is 0 Å². The summed E-state index contributed by atoms with van der Waals surface area (Å²) in [5.41, 5.74) is 6.72. The van der Waals surface area contributed by atoms with Gasteiger partial charge < -0.3 is 9.47 Å². The van der Waals surface area contributed by atoms with Crippen LogP contribution in [0.25, 0.3) is 0 Å². The van der Waals surface area contributed by atoms with E-state index in [1.54, 1.807) is 36.4 Å². The lowest BCUT2D eigenvalue weighted by atomic mass is 10.2. The average Bonchev–Trinajstić information content (AvgIpc) is 2.91. The molecule has 9 heteroatoms. The zero-order valence-corrected chi connectivity index (χ0v) is 23.0. The van der Waals surface area contributed by atoms with E-state index in [0.29, 0.717) is 35.8 Å². The van der Waals surface area contributed by atoms with Crippen LogP contribution in [0, 0.1) is 0 Å². The van der Waals surface area contributed by atoms with Crippen molar-refractivity contribution in [3.8, 4) is 11.5 Å². The topological polar surface area (TPSA) is 88.7 Å². The molecule has 194 valence electrons. The number of unbranched alkanes of at least 4 members (excludes halogenated alkanes) is 3. The molecule has 0 aliphatic rings. The van der Waals surface area contributed by atoms with Crippen LogP contribution in [0.15, 0.2) is 77.3 Å². The fourth-order valence-corrected chi connectivity index (χ4v) is 3.92. The molecule has 3 N–H and O–H groups in total. The number of ether oxygens (including phenoxy) is 2. The van der Waals surface area contributed by atoms with E-state index in [1.807, 2.05) is 36.4 Å². The number of thiocarbonyl (C=S) groups is 1. The van der Waals surface area contributed by atoms with E-state index >= 15 is 0 Å². The molecule has 0 saturated heterocycles. The maximum Gasteiger partial charge on any atom is 0.273 e. The third-order valence-electron chi connectivity index (χ3n) is 5.33. The minimum atomic E-state index is -0.459. The lowest BCUT2D eigenvalue weighted by molar-refractivity contribution is 0.0930. The highest BCUT2D eigenvalue weighted by Gasteiger charge is 2.16. The van der Waals surface area contributed by atoms with Crippen molar-refractivity contribution in [2.75, 3.05) is 6.61 Å². The lowest BCUT2D eigenvalue weighted by Gasteiger charge is -2.15. The monoisotopic (exact) mass is 583 g/mol. The zero-order chi connectivity index (χ0) is 26.5. The Morgan fingerprint density at radius 2 is 1.54 bits per heavy atom. The first kappa shape index (κ1) is 28.1. The smallest absolute Gasteiger partial charge is 0.273 e. The van der Waals surface area contributed by atoms with Gasteiger partial charge in [0, 0.05) is 4.47 Å². The second-order valence-corrected chi connectivity index (χ2v) is 9.51. The summed E-state index contributed by atoms with van der Waals surface area (Å²) in [6.07, 6.45) is 4.27. The fourth-order valence-electron chi connectivity index (χ4n) is 3.41. The molecule has 3 aromatic carbocycles. The van der Waals surface area contributed by atoms with Gasteiger partial charge in [-0.2, -0.15) is 0 Å². The molecule has 0 aliphatic heterocycles. The molecule has 0 unspecified atom stereocenters. The van der Waals surface area contributed by atoms with Crippen LogP contribution in [-0.4, -0.2) is 23.5 Å². The van der Waals surface area contributed by atoms with E-state index in [9.17, 15) is 9.59 Å². The second-order valence-electron chi connectivity index (χ2n) is 8.18. The Bertz CT molecular complexity index is 1210. The molecular weight excluding hydrogens is 554 g/mol. The summed E-state index contributed by atoms with van der Waals surface area (Å²) in [6, 6.07) is 21.8. The lowest BCUT2D eigenvalue weighted by Crippen LogP contribution is -2.48. The van der Waals surface area contributed by atoms with Crippen molar-refractivity contribution in [2.45, 2.75) is 39.2 Å². The Morgan fingerprint density at radius 1 is 0.811 bits per heavy atom. The Balaban J connectivity index is 1.54. The van der Waals surface area contributed by atoms with Crippen LogP contribution in [0.1, 0.15) is 58.9 Å². The summed E-state index contributed by atoms with van der Waals surface area (Å²) in [7, 11) is 0. The molecule has 0 heterocycles. The highest BCUT2D eigenvalue weighted by molar-refractivity contribution is 9.10. The van der Waals surface area contributed by atoms with Crippen LogP contribution in [0.4, 0.5) is 0 Å². The predicted octanol–water partition coefficient (Wildman–Crippen LogP) is 5.94. The molecule has 37 heavy (non-hydrogen) atoms. The minimum absolute atomic E-state index is 0.0603. The number of hydrazine groups is 1. The minimum Gasteiger partial charge on any atom is -0.493 e. The number of hydrogen-bond acceptors (Lipinski definition) is 5. The van der Waals surface area contributed by atoms with Gasteiger partial charge in [-0.1, -0.05) is 84.6 Å². The fraction of sp³-hybridized carbons (Fsp3) is 0.250. The normalized spacial score (nSPS) is 10.3. The van der Waals surface area contributed by atoms with Gasteiger partial charge in [-0.3, -0.25) is 25.8 Å². The maximum atomic E-state index is 12.9. The highest BCUT2D eigenvalue weighted by Crippen LogP contribution is 2.24. The van der Waals surface area contributed by atoms with Gasteiger partial charge in [0.2, 0.25) is 0 Å². The average molecular weight is 585 g/mol. The maximum absolute atomic E-state index is 12.9. The quantitative estimate of drug-likeness (QED) is 0.147. The van der Waals surface area contributed by atoms with Crippen LogP contribution in [0.2, 0.25) is 0 Å². The van der Waals surface area contributed by atoms with E-state index in [-0.39, 0.29) is 5.11 Å². The van der Waals surface area contributed by atoms with Gasteiger partial charge in [-0.25, -0.2) is 0 Å². The summed E-state index contributed by atoms with van der Waals surface area (Å²) in [4.78, 5) is 25.7. The standard InChI is InChI=1S/C28H30BrN3O4S/c1-2-3-4-10-17-35-25-16-15-21(29)18-23(25)26(33)30-28(37)32-31-27(34)22-13-8-9-14-24(22)36-19-20-11-6-5-7-12-20/h5-9,11-16,18H,2-4,10,17,19H2,1H3,(H,31,34)(H2,30,32,33,37). The predicted molar refractivity (Wildman–Crippen MR) is 152 cm³/mol. The van der Waals surface area contributed by atoms with Gasteiger partial charge in [0.25, 0.3) is 11.8 Å². The zero-order valence-electron chi connectivity index (χ0n) is 20.6. The molecule has 0 radical (unpaired) electrons. The van der Waals surface area contributed by atoms with Crippen molar-refractivity contribution in [3.63, 3.8) is 0 Å². The molecule has 0 atom stereocenters. The highest BCUT2D eigenvalue weighted by atomic mass is 79.9. The van der Waals surface area contributed by atoms with Gasteiger partial charge in [0.15, 0.2) is 5.11 Å². The van der Waals surface area contributed by atoms with Crippen molar-refractivity contribution in [2.24, 2.45) is 0 Å². The van der Waals surface area contributed by atoms with Crippen LogP contribution in [-0.2, 0) is 6.61 Å². The van der Waals surface area contributed by atoms with Crippen LogP contribution >= 0.6 is 28.1 Å². The molecule has 7 nitrogen and oxygen atoms in total. The number of rotatable bonds is 11. The first-order valence-corrected chi connectivity index (χ1v) is 13.3. The largest absolute Gasteiger partial charge is 0.493 e. The molecule has 3 rings (SSSR count). The van der Waals surface area contributed by atoms with Crippen LogP contribution in [0.3, 0.4) is 0 Å². The number of benzene rings is 3. The van der Waals surface area contributed by atoms with Crippen molar-refractivity contribution in [3.05, 3.63) is 94.0 Å². The number of nitrogens with one attached hydrogen (secondary N) is 3. The van der Waals surface area contributed by atoms with E-state index in [4.69, 9.17) is 21.7 Å². The van der Waals surface area contributed by atoms with Gasteiger partial charge in [0.1, 0.15) is 18.1 Å². The van der Waals surface area contributed by atoms with Crippen LogP contribution < -0.4 is 25.6 Å². The number of carbonyl (C=O) groups is 2. The van der Waals surface area contributed by atoms with E-state index < -0.39 is 11.8 Å². The third kappa shape index (κ3) is 9.18. The van der Waals surface area contributed by atoms with E-state index in [0.717, 1.165) is 35.7 Å². The SMILES string of the molecule is CCCCCCOc1ccc(Br)cc1C(=O)NC(=S)NNC(=O)c1ccccc1OCc1ccccc1.